The summed E-state index contributed by atoms with van der Waals surface area (Å²) in [5.74, 6) is -1.19. The van der Waals surface area contributed by atoms with E-state index in [0.29, 0.717) is 12.8 Å². The van der Waals surface area contributed by atoms with Gasteiger partial charge in [0.25, 0.3) is 0 Å². The molecule has 0 spiro atoms. The van der Waals surface area contributed by atoms with E-state index in [1.54, 1.807) is 11.3 Å². The van der Waals surface area contributed by atoms with Gasteiger partial charge >= 0.3 is 5.97 Å². The number of hydrogen-bond acceptors (Lipinski definition) is 3. The number of carboxylic acids is 1. The number of aliphatic carboxylic acids is 1. The highest BCUT2D eigenvalue weighted by molar-refractivity contribution is 7.11. The number of aryl methyl sites for hydroxylation is 1. The highest BCUT2D eigenvalue weighted by atomic mass is 35.5. The normalized spacial score (nSPS) is 17.4. The molecular formula is C14H12ClNO2S. The molecular weight excluding hydrogens is 282 g/mol. The van der Waals surface area contributed by atoms with Gasteiger partial charge in [-0.05, 0) is 24.5 Å². The molecule has 1 atom stereocenters. The highest BCUT2D eigenvalue weighted by Gasteiger charge is 2.32. The first-order valence-corrected chi connectivity index (χ1v) is 7.29. The van der Waals surface area contributed by atoms with Crippen LogP contribution in [0.25, 0.3) is 0 Å². The lowest BCUT2D eigenvalue weighted by molar-refractivity contribution is -0.138. The summed E-state index contributed by atoms with van der Waals surface area (Å²) in [6.45, 7) is 0. The molecule has 0 aliphatic heterocycles. The molecule has 0 amide bonds. The van der Waals surface area contributed by atoms with Crippen molar-refractivity contribution in [3.63, 3.8) is 0 Å². The second kappa shape index (κ2) is 4.94. The van der Waals surface area contributed by atoms with Gasteiger partial charge in [0.15, 0.2) is 0 Å². The predicted octanol–water partition coefficient (Wildman–Crippen LogP) is 3.50. The number of thiazole rings is 1. The molecule has 1 aliphatic rings. The van der Waals surface area contributed by atoms with Gasteiger partial charge in [0, 0.05) is 16.3 Å². The second-order valence-electron chi connectivity index (χ2n) is 4.61. The van der Waals surface area contributed by atoms with E-state index >= 15 is 0 Å². The van der Waals surface area contributed by atoms with E-state index in [0.717, 1.165) is 32.6 Å². The van der Waals surface area contributed by atoms with Crippen LogP contribution < -0.4 is 0 Å². The Labute approximate surface area is 119 Å². The number of halogens is 1. The topological polar surface area (TPSA) is 50.2 Å². The van der Waals surface area contributed by atoms with Gasteiger partial charge < -0.3 is 5.11 Å². The first-order valence-electron chi connectivity index (χ1n) is 6.10. The van der Waals surface area contributed by atoms with Crippen LogP contribution in [0, 0.1) is 0 Å². The van der Waals surface area contributed by atoms with Crippen LogP contribution in [-0.2, 0) is 17.6 Å². The van der Waals surface area contributed by atoms with E-state index < -0.39 is 11.9 Å². The van der Waals surface area contributed by atoms with Crippen LogP contribution in [0.5, 0.6) is 0 Å². The van der Waals surface area contributed by atoms with Crippen LogP contribution >= 0.6 is 22.9 Å². The summed E-state index contributed by atoms with van der Waals surface area (Å²) in [4.78, 5) is 16.8. The number of carbonyl (C=O) groups is 1. The van der Waals surface area contributed by atoms with Crippen molar-refractivity contribution in [1.82, 2.24) is 4.98 Å². The van der Waals surface area contributed by atoms with Crippen molar-refractivity contribution in [1.29, 1.82) is 0 Å². The monoisotopic (exact) mass is 293 g/mol. The molecule has 3 nitrogen and oxygen atoms in total. The van der Waals surface area contributed by atoms with Crippen molar-refractivity contribution in [2.45, 2.75) is 25.2 Å². The van der Waals surface area contributed by atoms with Crippen LogP contribution in [0.1, 0.15) is 33.5 Å². The minimum atomic E-state index is -0.770. The molecule has 1 aromatic carbocycles. The Morgan fingerprint density at radius 2 is 2.26 bits per heavy atom. The Morgan fingerprint density at radius 1 is 1.47 bits per heavy atom. The van der Waals surface area contributed by atoms with Gasteiger partial charge in [-0.1, -0.05) is 29.8 Å². The molecule has 1 unspecified atom stereocenters. The van der Waals surface area contributed by atoms with Crippen molar-refractivity contribution in [2.24, 2.45) is 0 Å². The first-order chi connectivity index (χ1) is 9.15. The third kappa shape index (κ3) is 2.38. The maximum Gasteiger partial charge on any atom is 0.312 e. The zero-order valence-corrected chi connectivity index (χ0v) is 11.7. The standard InChI is InChI=1S/C14H12ClNO2S/c15-10-4-2-1-3-8(10)7-12-16-13-9(14(17)18)5-6-11(13)19-12/h1-4,9H,5-7H2,(H,17,18). The van der Waals surface area contributed by atoms with E-state index in [2.05, 4.69) is 4.98 Å². The van der Waals surface area contributed by atoms with Crippen molar-refractivity contribution >= 4 is 28.9 Å². The molecule has 1 aliphatic carbocycles. The van der Waals surface area contributed by atoms with Gasteiger partial charge in [0.2, 0.25) is 0 Å². The van der Waals surface area contributed by atoms with Gasteiger partial charge in [-0.15, -0.1) is 11.3 Å². The molecule has 2 aromatic rings. The number of hydrogen-bond donors (Lipinski definition) is 1. The summed E-state index contributed by atoms with van der Waals surface area (Å²) in [7, 11) is 0. The Bertz CT molecular complexity index is 638. The summed E-state index contributed by atoms with van der Waals surface area (Å²) in [5, 5.41) is 10.8. The summed E-state index contributed by atoms with van der Waals surface area (Å²) < 4.78 is 0. The van der Waals surface area contributed by atoms with Crippen molar-refractivity contribution in [3.05, 3.63) is 50.4 Å². The van der Waals surface area contributed by atoms with Crippen molar-refractivity contribution in [3.8, 4) is 0 Å². The van der Waals surface area contributed by atoms with Gasteiger partial charge in [-0.3, -0.25) is 4.79 Å². The van der Waals surface area contributed by atoms with Gasteiger partial charge in [0.1, 0.15) is 5.92 Å². The summed E-state index contributed by atoms with van der Waals surface area (Å²) in [6.07, 6.45) is 2.17. The van der Waals surface area contributed by atoms with Crippen LogP contribution in [0.3, 0.4) is 0 Å². The second-order valence-corrected chi connectivity index (χ2v) is 6.19. The molecule has 5 heteroatoms. The molecule has 1 heterocycles. The molecule has 0 radical (unpaired) electrons. The SMILES string of the molecule is O=C(O)C1CCc2sc(Cc3ccccc3Cl)nc21. The fraction of sp³-hybridized carbons (Fsp3) is 0.286. The molecule has 0 saturated carbocycles. The van der Waals surface area contributed by atoms with E-state index in [4.69, 9.17) is 16.7 Å². The number of fused-ring (bicyclic) bond motifs is 1. The lowest BCUT2D eigenvalue weighted by Gasteiger charge is -2.03. The average Bonchev–Trinajstić information content (AvgIpc) is 2.91. The Morgan fingerprint density at radius 3 is 3.00 bits per heavy atom. The zero-order chi connectivity index (χ0) is 13.4. The quantitative estimate of drug-likeness (QED) is 0.942. The summed E-state index contributed by atoms with van der Waals surface area (Å²) in [6, 6.07) is 7.68. The minimum absolute atomic E-state index is 0.425. The largest absolute Gasteiger partial charge is 0.481 e. The molecule has 0 bridgehead atoms. The average molecular weight is 294 g/mol. The molecule has 1 N–H and O–H groups in total. The van der Waals surface area contributed by atoms with Gasteiger partial charge in [0.05, 0.1) is 10.7 Å². The number of nitrogens with zero attached hydrogens (tertiary/aromatic N) is 1. The van der Waals surface area contributed by atoms with E-state index in [9.17, 15) is 4.79 Å². The van der Waals surface area contributed by atoms with Crippen molar-refractivity contribution < 1.29 is 9.90 Å². The van der Waals surface area contributed by atoms with Crippen molar-refractivity contribution in [2.75, 3.05) is 0 Å². The summed E-state index contributed by atoms with van der Waals surface area (Å²) in [5.41, 5.74) is 1.79. The maximum absolute atomic E-state index is 11.1. The van der Waals surface area contributed by atoms with Crippen LogP contribution in [-0.4, -0.2) is 16.1 Å². The van der Waals surface area contributed by atoms with Crippen LogP contribution in [0.4, 0.5) is 0 Å². The number of rotatable bonds is 3. The van der Waals surface area contributed by atoms with Crippen LogP contribution in [0.2, 0.25) is 5.02 Å². The number of aromatic nitrogens is 1. The molecule has 0 saturated heterocycles. The minimum Gasteiger partial charge on any atom is -0.481 e. The molecule has 1 aromatic heterocycles. The number of benzene rings is 1. The van der Waals surface area contributed by atoms with Gasteiger partial charge in [-0.25, -0.2) is 4.98 Å². The predicted molar refractivity (Wildman–Crippen MR) is 75.1 cm³/mol. The Balaban J connectivity index is 1.87. The van der Waals surface area contributed by atoms with E-state index in [-0.39, 0.29) is 0 Å². The lowest BCUT2D eigenvalue weighted by Crippen LogP contribution is -2.08. The first kappa shape index (κ1) is 12.6. The lowest BCUT2D eigenvalue weighted by atomic mass is 10.1. The Kier molecular flexibility index (Phi) is 3.29. The third-order valence-electron chi connectivity index (χ3n) is 3.36. The zero-order valence-electron chi connectivity index (χ0n) is 10.1. The summed E-state index contributed by atoms with van der Waals surface area (Å²) >= 11 is 7.74. The molecule has 98 valence electrons. The number of carboxylic acid groups (broad SMARTS) is 1. The fourth-order valence-electron chi connectivity index (χ4n) is 2.40. The molecule has 3 rings (SSSR count). The van der Waals surface area contributed by atoms with Gasteiger partial charge in [-0.2, -0.15) is 0 Å². The molecule has 0 fully saturated rings. The Hall–Kier alpha value is -1.39. The third-order valence-corrected chi connectivity index (χ3v) is 4.86. The highest BCUT2D eigenvalue weighted by Crippen LogP contribution is 2.37. The smallest absolute Gasteiger partial charge is 0.312 e. The van der Waals surface area contributed by atoms with E-state index in [1.807, 2.05) is 24.3 Å². The maximum atomic E-state index is 11.1. The van der Waals surface area contributed by atoms with E-state index in [1.165, 1.54) is 0 Å². The fourth-order valence-corrected chi connectivity index (χ4v) is 3.77. The molecule has 19 heavy (non-hydrogen) atoms. The van der Waals surface area contributed by atoms with Crippen LogP contribution in [0.15, 0.2) is 24.3 Å².